The number of amides is 1. The average Bonchev–Trinajstić information content (AvgIpc) is 3.20. The number of carbonyl (C=O) groups excluding carboxylic acids is 2. The van der Waals surface area contributed by atoms with Crippen LogP contribution in [0.5, 0.6) is 0 Å². The molecule has 3 rings (SSSR count). The summed E-state index contributed by atoms with van der Waals surface area (Å²) in [6.07, 6.45) is 3.81. The Balaban J connectivity index is 1.60. The van der Waals surface area contributed by atoms with Gasteiger partial charge in [0.25, 0.3) is 5.91 Å². The third-order valence-electron chi connectivity index (χ3n) is 4.11. The first-order valence-corrected chi connectivity index (χ1v) is 9.21. The number of carbonyl (C=O) groups is 2. The van der Waals surface area contributed by atoms with Gasteiger partial charge in [0.2, 0.25) is 0 Å². The molecule has 0 saturated carbocycles. The molecular formula is C19H20N2O3S. The van der Waals surface area contributed by atoms with Crippen molar-refractivity contribution in [1.29, 1.82) is 0 Å². The molecule has 0 N–H and O–H groups in total. The number of ether oxygens (including phenoxy) is 1. The van der Waals surface area contributed by atoms with Crippen molar-refractivity contribution in [3.05, 3.63) is 59.3 Å². The molecule has 6 heteroatoms. The van der Waals surface area contributed by atoms with Crippen LogP contribution in [0, 0.1) is 0 Å². The SMILES string of the molecule is COC(=O)c1cccc(CSc2ccc(C(=O)N3CCCC3)cn2)c1. The Morgan fingerprint density at radius 3 is 2.64 bits per heavy atom. The largest absolute Gasteiger partial charge is 0.465 e. The molecule has 0 spiro atoms. The number of nitrogens with zero attached hydrogens (tertiary/aromatic N) is 2. The van der Waals surface area contributed by atoms with Gasteiger partial charge < -0.3 is 9.64 Å². The van der Waals surface area contributed by atoms with Crippen molar-refractivity contribution in [1.82, 2.24) is 9.88 Å². The van der Waals surface area contributed by atoms with Crippen molar-refractivity contribution < 1.29 is 14.3 Å². The molecule has 1 fully saturated rings. The predicted molar refractivity (Wildman–Crippen MR) is 96.7 cm³/mol. The molecular weight excluding hydrogens is 336 g/mol. The second kappa shape index (κ2) is 8.16. The summed E-state index contributed by atoms with van der Waals surface area (Å²) < 4.78 is 4.74. The number of hydrogen-bond donors (Lipinski definition) is 0. The molecule has 130 valence electrons. The molecule has 2 heterocycles. The number of pyridine rings is 1. The lowest BCUT2D eigenvalue weighted by atomic mass is 10.1. The van der Waals surface area contributed by atoms with Crippen LogP contribution in [0.4, 0.5) is 0 Å². The van der Waals surface area contributed by atoms with E-state index in [1.54, 1.807) is 24.0 Å². The summed E-state index contributed by atoms with van der Waals surface area (Å²) in [5.74, 6) is 0.416. The van der Waals surface area contributed by atoms with Gasteiger partial charge in [-0.25, -0.2) is 9.78 Å². The molecule has 1 amide bonds. The lowest BCUT2D eigenvalue weighted by Gasteiger charge is -2.14. The number of esters is 1. The van der Waals surface area contributed by atoms with Gasteiger partial charge in [-0.15, -0.1) is 11.8 Å². The highest BCUT2D eigenvalue weighted by Crippen LogP contribution is 2.22. The Kier molecular flexibility index (Phi) is 5.71. The smallest absolute Gasteiger partial charge is 0.337 e. The van der Waals surface area contributed by atoms with Crippen LogP contribution in [0.15, 0.2) is 47.6 Å². The van der Waals surface area contributed by atoms with Crippen LogP contribution in [0.2, 0.25) is 0 Å². The molecule has 0 bridgehead atoms. The number of thioether (sulfide) groups is 1. The van der Waals surface area contributed by atoms with Crippen molar-refractivity contribution in [2.45, 2.75) is 23.6 Å². The lowest BCUT2D eigenvalue weighted by molar-refractivity contribution is 0.0600. The molecule has 1 aliphatic rings. The van der Waals surface area contributed by atoms with E-state index in [0.717, 1.165) is 36.5 Å². The van der Waals surface area contributed by atoms with Crippen LogP contribution in [0.25, 0.3) is 0 Å². The minimum atomic E-state index is -0.338. The molecule has 1 aromatic heterocycles. The van der Waals surface area contributed by atoms with Crippen molar-refractivity contribution in [3.8, 4) is 0 Å². The Hall–Kier alpha value is -2.34. The maximum absolute atomic E-state index is 12.3. The quantitative estimate of drug-likeness (QED) is 0.607. The van der Waals surface area contributed by atoms with Gasteiger partial charge >= 0.3 is 5.97 Å². The van der Waals surface area contributed by atoms with Gasteiger partial charge in [0.15, 0.2) is 0 Å². The van der Waals surface area contributed by atoms with E-state index in [2.05, 4.69) is 4.98 Å². The second-order valence-electron chi connectivity index (χ2n) is 5.87. The average molecular weight is 356 g/mol. The summed E-state index contributed by atoms with van der Waals surface area (Å²) >= 11 is 1.57. The van der Waals surface area contributed by atoms with Gasteiger partial charge in [-0.3, -0.25) is 4.79 Å². The highest BCUT2D eigenvalue weighted by molar-refractivity contribution is 7.98. The molecule has 0 atom stereocenters. The number of methoxy groups -OCH3 is 1. The first-order chi connectivity index (χ1) is 12.2. The van der Waals surface area contributed by atoms with Crippen LogP contribution in [0.1, 0.15) is 39.1 Å². The zero-order valence-corrected chi connectivity index (χ0v) is 14.9. The molecule has 2 aromatic rings. The van der Waals surface area contributed by atoms with E-state index in [9.17, 15) is 9.59 Å². The van der Waals surface area contributed by atoms with E-state index < -0.39 is 0 Å². The van der Waals surface area contributed by atoms with Gasteiger partial charge in [0.1, 0.15) is 0 Å². The Labute approximate surface area is 151 Å². The number of benzene rings is 1. The monoisotopic (exact) mass is 356 g/mol. The van der Waals surface area contributed by atoms with E-state index in [-0.39, 0.29) is 11.9 Å². The zero-order chi connectivity index (χ0) is 17.6. The van der Waals surface area contributed by atoms with Crippen molar-refractivity contribution in [2.75, 3.05) is 20.2 Å². The van der Waals surface area contributed by atoms with E-state index >= 15 is 0 Å². The minimum absolute atomic E-state index is 0.0623. The standard InChI is InChI=1S/C19H20N2O3S/c1-24-19(23)15-6-4-5-14(11-15)13-25-17-8-7-16(12-20-17)18(22)21-9-2-3-10-21/h4-8,11-12H,2-3,9-10,13H2,1H3. The first kappa shape index (κ1) is 17.5. The summed E-state index contributed by atoms with van der Waals surface area (Å²) in [6.45, 7) is 1.68. The van der Waals surface area contributed by atoms with Gasteiger partial charge in [0, 0.05) is 25.0 Å². The maximum atomic E-state index is 12.3. The number of aromatic nitrogens is 1. The predicted octanol–water partition coefficient (Wildman–Crippen LogP) is 3.40. The van der Waals surface area contributed by atoms with Crippen molar-refractivity contribution in [3.63, 3.8) is 0 Å². The Morgan fingerprint density at radius 1 is 1.16 bits per heavy atom. The molecule has 25 heavy (non-hydrogen) atoms. The Morgan fingerprint density at radius 2 is 1.96 bits per heavy atom. The molecule has 1 aromatic carbocycles. The normalized spacial score (nSPS) is 13.7. The number of rotatable bonds is 5. The number of hydrogen-bond acceptors (Lipinski definition) is 5. The van der Waals surface area contributed by atoms with E-state index in [4.69, 9.17) is 4.74 Å². The van der Waals surface area contributed by atoms with Crippen LogP contribution >= 0.6 is 11.8 Å². The fourth-order valence-electron chi connectivity index (χ4n) is 2.76. The summed E-state index contributed by atoms with van der Waals surface area (Å²) in [6, 6.07) is 11.1. The molecule has 1 saturated heterocycles. The molecule has 0 unspecified atom stereocenters. The fraction of sp³-hybridized carbons (Fsp3) is 0.316. The summed E-state index contributed by atoms with van der Waals surface area (Å²) in [7, 11) is 1.37. The van der Waals surface area contributed by atoms with Crippen LogP contribution < -0.4 is 0 Å². The third kappa shape index (κ3) is 4.39. The first-order valence-electron chi connectivity index (χ1n) is 8.23. The van der Waals surface area contributed by atoms with E-state index in [1.807, 2.05) is 35.2 Å². The van der Waals surface area contributed by atoms with Crippen molar-refractivity contribution >= 4 is 23.6 Å². The van der Waals surface area contributed by atoms with Crippen LogP contribution in [-0.4, -0.2) is 42.0 Å². The summed E-state index contributed by atoms with van der Waals surface area (Å²) in [5.41, 5.74) is 2.20. The highest BCUT2D eigenvalue weighted by atomic mass is 32.2. The molecule has 0 radical (unpaired) electrons. The molecule has 0 aliphatic carbocycles. The van der Waals surface area contributed by atoms with Crippen molar-refractivity contribution in [2.24, 2.45) is 0 Å². The second-order valence-corrected chi connectivity index (χ2v) is 6.86. The minimum Gasteiger partial charge on any atom is -0.465 e. The summed E-state index contributed by atoms with van der Waals surface area (Å²) in [5, 5.41) is 0.849. The van der Waals surface area contributed by atoms with Gasteiger partial charge in [0.05, 0.1) is 23.3 Å². The van der Waals surface area contributed by atoms with Gasteiger partial charge in [-0.05, 0) is 42.7 Å². The number of likely N-dealkylation sites (tertiary alicyclic amines) is 1. The summed E-state index contributed by atoms with van der Waals surface area (Å²) in [4.78, 5) is 30.1. The van der Waals surface area contributed by atoms with Crippen LogP contribution in [-0.2, 0) is 10.5 Å². The molecule has 5 nitrogen and oxygen atoms in total. The van der Waals surface area contributed by atoms with Gasteiger partial charge in [-0.1, -0.05) is 12.1 Å². The zero-order valence-electron chi connectivity index (χ0n) is 14.1. The van der Waals surface area contributed by atoms with Gasteiger partial charge in [-0.2, -0.15) is 0 Å². The lowest BCUT2D eigenvalue weighted by Crippen LogP contribution is -2.27. The maximum Gasteiger partial charge on any atom is 0.337 e. The van der Waals surface area contributed by atoms with E-state index in [1.165, 1.54) is 7.11 Å². The molecule has 1 aliphatic heterocycles. The third-order valence-corrected chi connectivity index (χ3v) is 5.13. The topological polar surface area (TPSA) is 59.5 Å². The fourth-order valence-corrected chi connectivity index (χ4v) is 3.54. The van der Waals surface area contributed by atoms with Crippen LogP contribution in [0.3, 0.4) is 0 Å². The van der Waals surface area contributed by atoms with E-state index in [0.29, 0.717) is 16.9 Å². The Bertz CT molecular complexity index is 756. The highest BCUT2D eigenvalue weighted by Gasteiger charge is 2.19.